The van der Waals surface area contributed by atoms with Crippen LogP contribution in [0.3, 0.4) is 0 Å². The fourth-order valence-electron chi connectivity index (χ4n) is 3.32. The van der Waals surface area contributed by atoms with Crippen molar-refractivity contribution < 1.29 is 19.1 Å². The summed E-state index contributed by atoms with van der Waals surface area (Å²) >= 11 is 6.18. The van der Waals surface area contributed by atoms with Gasteiger partial charge in [-0.3, -0.25) is 9.59 Å². The number of carbonyl (C=O) groups is 3. The molecule has 7 heteroatoms. The molecule has 0 aromatic heterocycles. The van der Waals surface area contributed by atoms with Crippen LogP contribution in [-0.4, -0.2) is 30.9 Å². The molecule has 2 aromatic rings. The van der Waals surface area contributed by atoms with E-state index >= 15 is 0 Å². The quantitative estimate of drug-likeness (QED) is 0.489. The Labute approximate surface area is 181 Å². The Morgan fingerprint density at radius 2 is 1.87 bits per heavy atom. The molecule has 1 heterocycles. The second-order valence-electron chi connectivity index (χ2n) is 7.27. The van der Waals surface area contributed by atoms with E-state index in [-0.39, 0.29) is 30.7 Å². The fourth-order valence-corrected chi connectivity index (χ4v) is 3.56. The van der Waals surface area contributed by atoms with Crippen molar-refractivity contribution in [1.82, 2.24) is 0 Å². The molecule has 1 aliphatic rings. The van der Waals surface area contributed by atoms with E-state index in [1.807, 2.05) is 0 Å². The highest BCUT2D eigenvalue weighted by Gasteiger charge is 2.35. The van der Waals surface area contributed by atoms with Crippen LogP contribution < -0.4 is 10.2 Å². The van der Waals surface area contributed by atoms with Gasteiger partial charge in [0.2, 0.25) is 11.8 Å². The van der Waals surface area contributed by atoms with Crippen LogP contribution in [0.25, 0.3) is 0 Å². The topological polar surface area (TPSA) is 75.7 Å². The number of rotatable bonds is 8. The first-order chi connectivity index (χ1) is 14.5. The van der Waals surface area contributed by atoms with Crippen molar-refractivity contribution in [2.75, 3.05) is 23.4 Å². The minimum atomic E-state index is -0.475. The molecule has 1 saturated heterocycles. The van der Waals surface area contributed by atoms with E-state index in [4.69, 9.17) is 16.3 Å². The molecule has 0 radical (unpaired) electrons. The minimum absolute atomic E-state index is 0.124. The number of anilines is 2. The standard InChI is InChI=1S/C23H25ClN2O4/c1-2-3-6-13-30-23(29)16-9-11-18(12-10-16)25-22(28)17-14-21(27)26(15-17)20-8-5-4-7-19(20)24/h4-5,7-12,17H,2-3,6,13-15H2,1H3,(H,25,28)/t17-/m0/s1. The van der Waals surface area contributed by atoms with E-state index < -0.39 is 5.92 Å². The molecule has 0 saturated carbocycles. The van der Waals surface area contributed by atoms with Crippen LogP contribution in [0.1, 0.15) is 43.0 Å². The molecule has 1 aliphatic heterocycles. The smallest absolute Gasteiger partial charge is 0.338 e. The van der Waals surface area contributed by atoms with Gasteiger partial charge < -0.3 is 15.0 Å². The van der Waals surface area contributed by atoms with E-state index in [9.17, 15) is 14.4 Å². The maximum Gasteiger partial charge on any atom is 0.338 e. The van der Waals surface area contributed by atoms with Crippen LogP contribution in [0, 0.1) is 5.92 Å². The monoisotopic (exact) mass is 428 g/mol. The number of carbonyl (C=O) groups excluding carboxylic acids is 3. The number of hydrogen-bond acceptors (Lipinski definition) is 4. The predicted molar refractivity (Wildman–Crippen MR) is 117 cm³/mol. The normalized spacial score (nSPS) is 15.9. The zero-order valence-electron chi connectivity index (χ0n) is 16.9. The molecule has 3 rings (SSSR count). The second kappa shape index (κ2) is 10.3. The molecule has 158 valence electrons. The van der Waals surface area contributed by atoms with Crippen molar-refractivity contribution >= 4 is 40.8 Å². The molecule has 2 aromatic carbocycles. The number of unbranched alkanes of at least 4 members (excludes halogenated alkanes) is 2. The first-order valence-electron chi connectivity index (χ1n) is 10.1. The van der Waals surface area contributed by atoms with Gasteiger partial charge in [-0.25, -0.2) is 4.79 Å². The van der Waals surface area contributed by atoms with E-state index in [1.165, 1.54) is 0 Å². The molecule has 0 aliphatic carbocycles. The summed E-state index contributed by atoms with van der Waals surface area (Å²) in [5.41, 5.74) is 1.61. The Morgan fingerprint density at radius 3 is 2.57 bits per heavy atom. The molecule has 1 N–H and O–H groups in total. The Morgan fingerprint density at radius 1 is 1.13 bits per heavy atom. The maximum absolute atomic E-state index is 12.6. The lowest BCUT2D eigenvalue weighted by Crippen LogP contribution is -2.28. The van der Waals surface area contributed by atoms with Gasteiger partial charge in [-0.05, 0) is 42.8 Å². The van der Waals surface area contributed by atoms with Gasteiger partial charge in [-0.2, -0.15) is 0 Å². The highest BCUT2D eigenvalue weighted by atomic mass is 35.5. The molecule has 6 nitrogen and oxygen atoms in total. The van der Waals surface area contributed by atoms with Gasteiger partial charge in [-0.15, -0.1) is 0 Å². The van der Waals surface area contributed by atoms with Crippen LogP contribution in [-0.2, 0) is 14.3 Å². The molecule has 2 amide bonds. The van der Waals surface area contributed by atoms with Gasteiger partial charge in [0.25, 0.3) is 0 Å². The van der Waals surface area contributed by atoms with Gasteiger partial charge in [0, 0.05) is 18.7 Å². The third kappa shape index (κ3) is 5.39. The molecule has 1 fully saturated rings. The maximum atomic E-state index is 12.6. The van der Waals surface area contributed by atoms with Crippen molar-refractivity contribution in [3.63, 3.8) is 0 Å². The van der Waals surface area contributed by atoms with Crippen molar-refractivity contribution in [3.05, 3.63) is 59.1 Å². The number of halogens is 1. The van der Waals surface area contributed by atoms with Gasteiger partial charge in [0.05, 0.1) is 28.8 Å². The minimum Gasteiger partial charge on any atom is -0.462 e. The summed E-state index contributed by atoms with van der Waals surface area (Å²) in [5, 5.41) is 3.29. The average Bonchev–Trinajstić information content (AvgIpc) is 3.13. The zero-order valence-corrected chi connectivity index (χ0v) is 17.7. The number of para-hydroxylation sites is 1. The number of ether oxygens (including phenoxy) is 1. The Bertz CT molecular complexity index is 914. The van der Waals surface area contributed by atoms with E-state index in [1.54, 1.807) is 53.4 Å². The number of hydrogen-bond donors (Lipinski definition) is 1. The molecule has 0 unspecified atom stereocenters. The highest BCUT2D eigenvalue weighted by molar-refractivity contribution is 6.33. The number of amides is 2. The van der Waals surface area contributed by atoms with E-state index in [0.717, 1.165) is 19.3 Å². The van der Waals surface area contributed by atoms with E-state index in [2.05, 4.69) is 12.2 Å². The largest absolute Gasteiger partial charge is 0.462 e. The molecular formula is C23H25ClN2O4. The molecule has 1 atom stereocenters. The molecule has 30 heavy (non-hydrogen) atoms. The van der Waals surface area contributed by atoms with Crippen molar-refractivity contribution in [3.8, 4) is 0 Å². The SMILES string of the molecule is CCCCCOC(=O)c1ccc(NC(=O)[C@H]2CC(=O)N(c3ccccc3Cl)C2)cc1. The molecule has 0 spiro atoms. The van der Waals surface area contributed by atoms with Crippen LogP contribution in [0.2, 0.25) is 5.02 Å². The van der Waals surface area contributed by atoms with Crippen LogP contribution in [0.4, 0.5) is 11.4 Å². The van der Waals surface area contributed by atoms with Crippen LogP contribution >= 0.6 is 11.6 Å². The summed E-state index contributed by atoms with van der Waals surface area (Å²) in [7, 11) is 0. The van der Waals surface area contributed by atoms with Crippen LogP contribution in [0.5, 0.6) is 0 Å². The third-order valence-corrected chi connectivity index (χ3v) is 5.33. The second-order valence-corrected chi connectivity index (χ2v) is 7.67. The number of nitrogens with zero attached hydrogens (tertiary/aromatic N) is 1. The van der Waals surface area contributed by atoms with Crippen LogP contribution in [0.15, 0.2) is 48.5 Å². The summed E-state index contributed by atoms with van der Waals surface area (Å²) in [5.74, 6) is -1.23. The Balaban J connectivity index is 1.55. The summed E-state index contributed by atoms with van der Waals surface area (Å²) in [6.45, 7) is 2.77. The Hall–Kier alpha value is -2.86. The number of benzene rings is 2. The summed E-state index contributed by atoms with van der Waals surface area (Å²) in [4.78, 5) is 38.6. The highest BCUT2D eigenvalue weighted by Crippen LogP contribution is 2.31. The third-order valence-electron chi connectivity index (χ3n) is 5.01. The molecular weight excluding hydrogens is 404 g/mol. The van der Waals surface area contributed by atoms with Crippen molar-refractivity contribution in [2.24, 2.45) is 5.92 Å². The first kappa shape index (κ1) is 21.8. The van der Waals surface area contributed by atoms with Crippen molar-refractivity contribution in [1.29, 1.82) is 0 Å². The van der Waals surface area contributed by atoms with Gasteiger partial charge in [0.15, 0.2) is 0 Å². The lowest BCUT2D eigenvalue weighted by atomic mass is 10.1. The lowest BCUT2D eigenvalue weighted by Gasteiger charge is -2.18. The average molecular weight is 429 g/mol. The number of esters is 1. The summed E-state index contributed by atoms with van der Waals surface area (Å²) in [6, 6.07) is 13.6. The predicted octanol–water partition coefficient (Wildman–Crippen LogP) is 4.68. The fraction of sp³-hybridized carbons (Fsp3) is 0.348. The summed E-state index contributed by atoms with van der Waals surface area (Å²) in [6.07, 6.45) is 3.06. The van der Waals surface area contributed by atoms with E-state index in [0.29, 0.717) is 28.6 Å². The zero-order chi connectivity index (χ0) is 21.5. The lowest BCUT2D eigenvalue weighted by molar-refractivity contribution is -0.122. The van der Waals surface area contributed by atoms with Crippen molar-refractivity contribution in [2.45, 2.75) is 32.6 Å². The van der Waals surface area contributed by atoms with Gasteiger partial charge in [-0.1, -0.05) is 43.5 Å². The summed E-state index contributed by atoms with van der Waals surface area (Å²) < 4.78 is 5.23. The Kier molecular flexibility index (Phi) is 7.46. The number of nitrogens with one attached hydrogen (secondary N) is 1. The first-order valence-corrected chi connectivity index (χ1v) is 10.5. The van der Waals surface area contributed by atoms with Gasteiger partial charge >= 0.3 is 5.97 Å². The molecule has 0 bridgehead atoms. The van der Waals surface area contributed by atoms with Gasteiger partial charge in [0.1, 0.15) is 0 Å².